The van der Waals surface area contributed by atoms with Gasteiger partial charge in [0.2, 0.25) is 0 Å². The van der Waals surface area contributed by atoms with Crippen molar-refractivity contribution in [3.8, 4) is 0 Å². The average molecular weight is 254 g/mol. The predicted octanol–water partition coefficient (Wildman–Crippen LogP) is 1.70. The van der Waals surface area contributed by atoms with Gasteiger partial charge in [-0.05, 0) is 52.1 Å². The smallest absolute Gasteiger partial charge is 0.325 e. The van der Waals surface area contributed by atoms with Crippen molar-refractivity contribution in [1.82, 2.24) is 10.2 Å². The van der Waals surface area contributed by atoms with Gasteiger partial charge in [0.1, 0.15) is 5.54 Å². The maximum absolute atomic E-state index is 11.7. The molecule has 2 N–H and O–H groups in total. The number of carboxylic acid groups (broad SMARTS) is 1. The predicted molar refractivity (Wildman–Crippen MR) is 71.7 cm³/mol. The molecule has 1 heterocycles. The van der Waals surface area contributed by atoms with Crippen molar-refractivity contribution in [2.45, 2.75) is 57.0 Å². The molecule has 0 amide bonds. The van der Waals surface area contributed by atoms with Gasteiger partial charge in [0.25, 0.3) is 0 Å². The molecule has 2 rings (SSSR count). The molecule has 1 aliphatic carbocycles. The zero-order valence-corrected chi connectivity index (χ0v) is 11.6. The number of likely N-dealkylation sites (N-methyl/N-ethyl adjacent to an activating group) is 1. The number of hydrogen-bond donors (Lipinski definition) is 2. The summed E-state index contributed by atoms with van der Waals surface area (Å²) < 4.78 is 0. The lowest BCUT2D eigenvalue weighted by Gasteiger charge is -2.37. The first-order chi connectivity index (χ1) is 8.60. The lowest BCUT2D eigenvalue weighted by atomic mass is 9.92. The maximum atomic E-state index is 11.7. The van der Waals surface area contributed by atoms with Crippen LogP contribution in [-0.4, -0.2) is 47.7 Å². The van der Waals surface area contributed by atoms with Gasteiger partial charge in [0.15, 0.2) is 0 Å². The van der Waals surface area contributed by atoms with Gasteiger partial charge in [0, 0.05) is 12.6 Å². The largest absolute Gasteiger partial charge is 0.480 e. The summed E-state index contributed by atoms with van der Waals surface area (Å²) in [7, 11) is 1.80. The third kappa shape index (κ3) is 2.69. The van der Waals surface area contributed by atoms with Crippen LogP contribution in [0.5, 0.6) is 0 Å². The highest BCUT2D eigenvalue weighted by Gasteiger charge is 2.51. The van der Waals surface area contributed by atoms with Crippen molar-refractivity contribution in [1.29, 1.82) is 0 Å². The van der Waals surface area contributed by atoms with E-state index in [0.717, 1.165) is 19.4 Å². The number of aliphatic carboxylic acids is 1. The SMILES string of the molecule is CNC(CN1CCCCCC1C)(C(=O)O)C1CC1. The molecule has 18 heavy (non-hydrogen) atoms. The number of nitrogens with one attached hydrogen (secondary N) is 1. The third-order valence-electron chi connectivity index (χ3n) is 4.75. The molecular weight excluding hydrogens is 228 g/mol. The van der Waals surface area contributed by atoms with Gasteiger partial charge in [-0.25, -0.2) is 0 Å². The van der Waals surface area contributed by atoms with E-state index < -0.39 is 11.5 Å². The van der Waals surface area contributed by atoms with E-state index in [-0.39, 0.29) is 0 Å². The van der Waals surface area contributed by atoms with E-state index in [2.05, 4.69) is 17.1 Å². The van der Waals surface area contributed by atoms with Gasteiger partial charge in [-0.15, -0.1) is 0 Å². The summed E-state index contributed by atoms with van der Waals surface area (Å²) in [5.41, 5.74) is -0.724. The Labute approximate surface area is 110 Å². The van der Waals surface area contributed by atoms with Crippen molar-refractivity contribution >= 4 is 5.97 Å². The molecule has 1 aliphatic heterocycles. The first-order valence-corrected chi connectivity index (χ1v) is 7.26. The van der Waals surface area contributed by atoms with Gasteiger partial charge in [-0.3, -0.25) is 9.69 Å². The number of nitrogens with zero attached hydrogens (tertiary/aromatic N) is 1. The van der Waals surface area contributed by atoms with Gasteiger partial charge in [-0.2, -0.15) is 0 Å². The summed E-state index contributed by atoms with van der Waals surface area (Å²) in [4.78, 5) is 14.1. The lowest BCUT2D eigenvalue weighted by molar-refractivity contribution is -0.147. The van der Waals surface area contributed by atoms with Crippen LogP contribution in [0.1, 0.15) is 45.4 Å². The van der Waals surface area contributed by atoms with Gasteiger partial charge in [-0.1, -0.05) is 12.8 Å². The summed E-state index contributed by atoms with van der Waals surface area (Å²) >= 11 is 0. The number of carbonyl (C=O) groups is 1. The van der Waals surface area contributed by atoms with Crippen molar-refractivity contribution < 1.29 is 9.90 Å². The molecule has 0 aromatic heterocycles. The second-order valence-corrected chi connectivity index (χ2v) is 5.97. The van der Waals surface area contributed by atoms with Crippen molar-refractivity contribution in [2.24, 2.45) is 5.92 Å². The van der Waals surface area contributed by atoms with Crippen LogP contribution in [0.2, 0.25) is 0 Å². The molecule has 1 saturated heterocycles. The topological polar surface area (TPSA) is 52.6 Å². The minimum atomic E-state index is -0.724. The van der Waals surface area contributed by atoms with E-state index in [4.69, 9.17) is 0 Å². The Morgan fingerprint density at radius 1 is 1.33 bits per heavy atom. The van der Waals surface area contributed by atoms with Crippen LogP contribution in [0.15, 0.2) is 0 Å². The monoisotopic (exact) mass is 254 g/mol. The van der Waals surface area contributed by atoms with Gasteiger partial charge >= 0.3 is 5.97 Å². The Morgan fingerprint density at radius 2 is 2.06 bits per heavy atom. The van der Waals surface area contributed by atoms with Crippen LogP contribution in [0, 0.1) is 5.92 Å². The Bertz CT molecular complexity index is 304. The molecule has 4 nitrogen and oxygen atoms in total. The molecule has 104 valence electrons. The molecule has 0 bridgehead atoms. The van der Waals surface area contributed by atoms with E-state index >= 15 is 0 Å². The van der Waals surface area contributed by atoms with Crippen molar-refractivity contribution in [3.05, 3.63) is 0 Å². The zero-order valence-electron chi connectivity index (χ0n) is 11.6. The first kappa shape index (κ1) is 13.8. The Balaban J connectivity index is 2.09. The van der Waals surface area contributed by atoms with E-state index in [9.17, 15) is 9.90 Å². The van der Waals surface area contributed by atoms with Crippen molar-refractivity contribution in [2.75, 3.05) is 20.1 Å². The number of likely N-dealkylation sites (tertiary alicyclic amines) is 1. The van der Waals surface area contributed by atoms with Crippen molar-refractivity contribution in [3.63, 3.8) is 0 Å². The quantitative estimate of drug-likeness (QED) is 0.784. The second kappa shape index (κ2) is 5.57. The standard InChI is InChI=1S/C14H26N2O2/c1-11-6-4-3-5-9-16(11)10-14(15-2,13(17)18)12-7-8-12/h11-12,15H,3-10H2,1-2H3,(H,17,18). The molecule has 0 radical (unpaired) electrons. The van der Waals surface area contributed by atoms with E-state index in [1.54, 1.807) is 7.05 Å². The second-order valence-electron chi connectivity index (χ2n) is 5.97. The van der Waals surface area contributed by atoms with Crippen LogP contribution in [0.4, 0.5) is 0 Å². The minimum absolute atomic E-state index is 0.315. The highest BCUT2D eigenvalue weighted by Crippen LogP contribution is 2.40. The highest BCUT2D eigenvalue weighted by atomic mass is 16.4. The fourth-order valence-corrected chi connectivity index (χ4v) is 3.23. The van der Waals surface area contributed by atoms with Crippen LogP contribution in [-0.2, 0) is 4.79 Å². The Morgan fingerprint density at radius 3 is 2.61 bits per heavy atom. The molecule has 4 heteroatoms. The Hall–Kier alpha value is -0.610. The number of rotatable bonds is 5. The molecule has 2 fully saturated rings. The zero-order chi connectivity index (χ0) is 13.2. The molecule has 2 aliphatic rings. The van der Waals surface area contributed by atoms with Crippen LogP contribution >= 0.6 is 0 Å². The summed E-state index contributed by atoms with van der Waals surface area (Å²) in [6.07, 6.45) is 7.06. The fraction of sp³-hybridized carbons (Fsp3) is 0.929. The fourth-order valence-electron chi connectivity index (χ4n) is 3.23. The van der Waals surface area contributed by atoms with Crippen LogP contribution in [0.3, 0.4) is 0 Å². The molecule has 2 unspecified atom stereocenters. The van der Waals surface area contributed by atoms with Crippen LogP contribution < -0.4 is 5.32 Å². The number of hydrogen-bond acceptors (Lipinski definition) is 3. The summed E-state index contributed by atoms with van der Waals surface area (Å²) in [6, 6.07) is 0.512. The normalized spacial score (nSPS) is 29.6. The molecule has 0 spiro atoms. The molecule has 0 aromatic rings. The molecule has 2 atom stereocenters. The number of carboxylic acids is 1. The summed E-state index contributed by atoms with van der Waals surface area (Å²) in [6.45, 7) is 3.94. The maximum Gasteiger partial charge on any atom is 0.325 e. The van der Waals surface area contributed by atoms with Gasteiger partial charge in [0.05, 0.1) is 0 Å². The molecular formula is C14H26N2O2. The van der Waals surface area contributed by atoms with E-state index in [0.29, 0.717) is 18.5 Å². The molecule has 1 saturated carbocycles. The summed E-state index contributed by atoms with van der Waals surface area (Å²) in [5.74, 6) is -0.362. The van der Waals surface area contributed by atoms with Crippen LogP contribution in [0.25, 0.3) is 0 Å². The first-order valence-electron chi connectivity index (χ1n) is 7.26. The average Bonchev–Trinajstić information content (AvgIpc) is 3.15. The Kier molecular flexibility index (Phi) is 4.28. The third-order valence-corrected chi connectivity index (χ3v) is 4.75. The van der Waals surface area contributed by atoms with E-state index in [1.807, 2.05) is 0 Å². The molecule has 0 aromatic carbocycles. The lowest BCUT2D eigenvalue weighted by Crippen LogP contribution is -2.60. The summed E-state index contributed by atoms with van der Waals surface area (Å²) in [5, 5.41) is 12.8. The van der Waals surface area contributed by atoms with Gasteiger partial charge < -0.3 is 10.4 Å². The van der Waals surface area contributed by atoms with E-state index in [1.165, 1.54) is 25.7 Å². The minimum Gasteiger partial charge on any atom is -0.480 e. The highest BCUT2D eigenvalue weighted by molar-refractivity contribution is 5.80.